The Hall–Kier alpha value is -3.66. The lowest BCUT2D eigenvalue weighted by atomic mass is 10.2. The second kappa shape index (κ2) is 8.12. The number of carbonyl (C=O) groups excluding carboxylic acids is 1. The Morgan fingerprint density at radius 3 is 2.75 bits per heavy atom. The Bertz CT molecular complexity index is 1280. The number of hydrogen-bond donors (Lipinski definition) is 1. The van der Waals surface area contributed by atoms with Gasteiger partial charge in [-0.15, -0.1) is 0 Å². The van der Waals surface area contributed by atoms with Gasteiger partial charge in [0.15, 0.2) is 11.3 Å². The van der Waals surface area contributed by atoms with Crippen LogP contribution < -0.4 is 4.90 Å². The summed E-state index contributed by atoms with van der Waals surface area (Å²) in [5, 5.41) is 15.0. The van der Waals surface area contributed by atoms with Crippen LogP contribution in [0.1, 0.15) is 0 Å². The van der Waals surface area contributed by atoms with E-state index in [-0.39, 0.29) is 28.9 Å². The molecule has 3 aromatic heterocycles. The van der Waals surface area contributed by atoms with Gasteiger partial charge in [-0.2, -0.15) is 5.10 Å². The Balaban J connectivity index is 1.31. The van der Waals surface area contributed by atoms with Crippen LogP contribution >= 0.6 is 11.6 Å². The highest BCUT2D eigenvalue weighted by Gasteiger charge is 2.25. The summed E-state index contributed by atoms with van der Waals surface area (Å²) in [7, 11) is 0. The summed E-state index contributed by atoms with van der Waals surface area (Å²) in [5.41, 5.74) is 1.34. The minimum Gasteiger partial charge on any atom is -0.506 e. The highest BCUT2D eigenvalue weighted by Crippen LogP contribution is 2.32. The molecule has 11 heteroatoms. The van der Waals surface area contributed by atoms with Gasteiger partial charge in [0.25, 0.3) is 0 Å². The van der Waals surface area contributed by atoms with E-state index < -0.39 is 5.82 Å². The number of carbonyl (C=O) groups is 1. The zero-order valence-electron chi connectivity index (χ0n) is 16.8. The first kappa shape index (κ1) is 20.3. The van der Waals surface area contributed by atoms with E-state index in [1.807, 2.05) is 6.07 Å². The molecule has 32 heavy (non-hydrogen) atoms. The van der Waals surface area contributed by atoms with Crippen LogP contribution in [0, 0.1) is 5.82 Å². The molecule has 0 bridgehead atoms. The molecule has 1 amide bonds. The van der Waals surface area contributed by atoms with E-state index in [9.17, 15) is 14.3 Å². The number of phenols is 1. The largest absolute Gasteiger partial charge is 0.506 e. The minimum atomic E-state index is -0.513. The Labute approximate surface area is 186 Å². The van der Waals surface area contributed by atoms with Gasteiger partial charge >= 0.3 is 0 Å². The van der Waals surface area contributed by atoms with Crippen molar-refractivity contribution in [1.82, 2.24) is 24.6 Å². The lowest BCUT2D eigenvalue weighted by molar-refractivity contribution is -0.132. The van der Waals surface area contributed by atoms with E-state index in [1.54, 1.807) is 26.7 Å². The van der Waals surface area contributed by atoms with Crippen LogP contribution in [0.3, 0.4) is 0 Å². The average molecular weight is 457 g/mol. The molecule has 1 saturated heterocycles. The first-order valence-electron chi connectivity index (χ1n) is 9.93. The number of aromatic nitrogens is 4. The monoisotopic (exact) mass is 456 g/mol. The molecule has 0 radical (unpaired) electrons. The zero-order chi connectivity index (χ0) is 22.2. The van der Waals surface area contributed by atoms with Crippen molar-refractivity contribution in [2.75, 3.05) is 31.1 Å². The third-order valence-corrected chi connectivity index (χ3v) is 5.72. The molecule has 0 saturated carbocycles. The molecular weight excluding hydrogens is 439 g/mol. The summed E-state index contributed by atoms with van der Waals surface area (Å²) in [4.78, 5) is 25.0. The van der Waals surface area contributed by atoms with E-state index in [4.69, 9.17) is 16.0 Å². The third kappa shape index (κ3) is 3.62. The van der Waals surface area contributed by atoms with Crippen LogP contribution in [-0.2, 0) is 11.3 Å². The van der Waals surface area contributed by atoms with E-state index in [0.717, 1.165) is 11.5 Å². The average Bonchev–Trinajstić information content (AvgIpc) is 3.45. The summed E-state index contributed by atoms with van der Waals surface area (Å²) in [5.74, 6) is -0.462. The molecule has 1 fully saturated rings. The predicted molar refractivity (Wildman–Crippen MR) is 115 cm³/mol. The van der Waals surface area contributed by atoms with E-state index in [0.29, 0.717) is 43.4 Å². The fourth-order valence-corrected chi connectivity index (χ4v) is 3.96. The molecule has 1 aromatic carbocycles. The van der Waals surface area contributed by atoms with Gasteiger partial charge in [-0.25, -0.2) is 19.0 Å². The first-order valence-corrected chi connectivity index (χ1v) is 10.3. The quantitative estimate of drug-likeness (QED) is 0.504. The lowest BCUT2D eigenvalue weighted by Gasteiger charge is -2.36. The van der Waals surface area contributed by atoms with Gasteiger partial charge in [0.1, 0.15) is 24.4 Å². The van der Waals surface area contributed by atoms with Gasteiger partial charge in [-0.05, 0) is 18.2 Å². The van der Waals surface area contributed by atoms with Gasteiger partial charge in [0.05, 0.1) is 22.3 Å². The Kier molecular flexibility index (Phi) is 5.14. The van der Waals surface area contributed by atoms with Crippen molar-refractivity contribution in [2.24, 2.45) is 0 Å². The number of fused-ring (bicyclic) bond motifs is 1. The molecule has 1 aliphatic rings. The molecule has 4 aromatic rings. The van der Waals surface area contributed by atoms with Gasteiger partial charge in [0, 0.05) is 38.4 Å². The van der Waals surface area contributed by atoms with Crippen molar-refractivity contribution < 1.29 is 18.7 Å². The van der Waals surface area contributed by atoms with E-state index >= 15 is 0 Å². The van der Waals surface area contributed by atoms with Crippen LogP contribution in [0.5, 0.6) is 5.75 Å². The summed E-state index contributed by atoms with van der Waals surface area (Å²) >= 11 is 5.76. The van der Waals surface area contributed by atoms with Crippen molar-refractivity contribution in [3.05, 3.63) is 53.8 Å². The second-order valence-corrected chi connectivity index (χ2v) is 7.75. The van der Waals surface area contributed by atoms with Crippen LogP contribution in [0.4, 0.5) is 10.1 Å². The smallest absolute Gasteiger partial charge is 0.247 e. The fraction of sp³-hybridized carbons (Fsp3) is 0.238. The number of phenolic OH excluding ortho intramolecular Hbond substituents is 1. The van der Waals surface area contributed by atoms with Crippen molar-refractivity contribution in [1.29, 1.82) is 0 Å². The molecule has 0 atom stereocenters. The summed E-state index contributed by atoms with van der Waals surface area (Å²) in [6.07, 6.45) is 4.63. The number of amides is 1. The molecule has 164 valence electrons. The summed E-state index contributed by atoms with van der Waals surface area (Å²) in [6.45, 7) is 1.65. The Morgan fingerprint density at radius 1 is 1.19 bits per heavy atom. The minimum absolute atomic E-state index is 0.00428. The maximum Gasteiger partial charge on any atom is 0.247 e. The molecule has 0 unspecified atom stereocenters. The second-order valence-electron chi connectivity index (χ2n) is 7.34. The third-order valence-electron chi connectivity index (χ3n) is 5.42. The molecule has 9 nitrogen and oxygen atoms in total. The van der Waals surface area contributed by atoms with Crippen molar-refractivity contribution in [3.8, 4) is 17.3 Å². The van der Waals surface area contributed by atoms with Crippen LogP contribution in [0.25, 0.3) is 22.6 Å². The van der Waals surface area contributed by atoms with Gasteiger partial charge in [0.2, 0.25) is 11.8 Å². The number of hydrogen-bond acceptors (Lipinski definition) is 7. The van der Waals surface area contributed by atoms with Crippen molar-refractivity contribution in [2.45, 2.75) is 6.54 Å². The SMILES string of the molecule is O=C(Cn1nc(-c2ncco2)c2cccnc21)N1CCN(c2cc(O)c(Cl)cc2F)CC1. The lowest BCUT2D eigenvalue weighted by Crippen LogP contribution is -2.49. The van der Waals surface area contributed by atoms with Crippen LogP contribution in [-0.4, -0.2) is 61.8 Å². The van der Waals surface area contributed by atoms with Crippen LogP contribution in [0.15, 0.2) is 47.3 Å². The topological polar surface area (TPSA) is 101 Å². The standard InChI is InChI=1S/C21H18ClFN6O3/c22-14-10-15(23)16(11-17(14)30)27-5-7-28(8-6-27)18(31)12-29-20-13(2-1-3-24-20)19(26-29)21-25-4-9-32-21/h1-4,9-11,30H,5-8,12H2. The number of oxazole rings is 1. The molecule has 1 N–H and O–H groups in total. The molecule has 1 aliphatic heterocycles. The van der Waals surface area contributed by atoms with Gasteiger partial charge in [-0.1, -0.05) is 11.6 Å². The number of anilines is 1. The number of piperazine rings is 1. The normalized spacial score (nSPS) is 14.3. The highest BCUT2D eigenvalue weighted by molar-refractivity contribution is 6.32. The fourth-order valence-electron chi connectivity index (χ4n) is 3.81. The summed E-state index contributed by atoms with van der Waals surface area (Å²) in [6, 6.07) is 6.03. The predicted octanol–water partition coefficient (Wildman–Crippen LogP) is 2.93. The summed E-state index contributed by atoms with van der Waals surface area (Å²) < 4.78 is 21.2. The number of halogens is 2. The molecule has 0 aliphatic carbocycles. The van der Waals surface area contributed by atoms with Gasteiger partial charge in [-0.3, -0.25) is 4.79 Å². The number of pyridine rings is 1. The number of aromatic hydroxyl groups is 1. The highest BCUT2D eigenvalue weighted by atomic mass is 35.5. The van der Waals surface area contributed by atoms with Crippen molar-refractivity contribution >= 4 is 34.2 Å². The molecule has 0 spiro atoms. The number of benzene rings is 1. The Morgan fingerprint density at radius 2 is 2.00 bits per heavy atom. The molecule has 5 rings (SSSR count). The van der Waals surface area contributed by atoms with E-state index in [1.165, 1.54) is 18.5 Å². The molecule has 4 heterocycles. The zero-order valence-corrected chi connectivity index (χ0v) is 17.5. The van der Waals surface area contributed by atoms with Gasteiger partial charge < -0.3 is 19.3 Å². The van der Waals surface area contributed by atoms with Crippen molar-refractivity contribution in [3.63, 3.8) is 0 Å². The maximum absolute atomic E-state index is 14.3. The van der Waals surface area contributed by atoms with E-state index in [2.05, 4.69) is 15.1 Å². The molecular formula is C21H18ClFN6O3. The maximum atomic E-state index is 14.3. The first-order chi connectivity index (χ1) is 15.5. The number of nitrogens with zero attached hydrogens (tertiary/aromatic N) is 6. The van der Waals surface area contributed by atoms with Crippen LogP contribution in [0.2, 0.25) is 5.02 Å². The number of rotatable bonds is 4.